The van der Waals surface area contributed by atoms with Crippen molar-refractivity contribution in [3.8, 4) is 11.8 Å². The summed E-state index contributed by atoms with van der Waals surface area (Å²) in [6, 6.07) is 11.7. The van der Waals surface area contributed by atoms with Crippen LogP contribution in [0.2, 0.25) is 0 Å². The third-order valence-corrected chi connectivity index (χ3v) is 2.96. The van der Waals surface area contributed by atoms with Gasteiger partial charge >= 0.3 is 0 Å². The Balaban J connectivity index is 2.14. The number of nitrogens with two attached hydrogens (primary N) is 1. The summed E-state index contributed by atoms with van der Waals surface area (Å²) in [5.74, 6) is 0.427. The van der Waals surface area contributed by atoms with Gasteiger partial charge in [0, 0.05) is 11.9 Å². The number of imidazole rings is 1. The van der Waals surface area contributed by atoms with Gasteiger partial charge in [0.25, 0.3) is 0 Å². The number of hydrogen-bond acceptors (Lipinski definition) is 4. The van der Waals surface area contributed by atoms with Gasteiger partial charge in [-0.05, 0) is 23.8 Å². The molecule has 0 amide bonds. The van der Waals surface area contributed by atoms with Gasteiger partial charge < -0.3 is 5.73 Å². The van der Waals surface area contributed by atoms with E-state index in [0.29, 0.717) is 12.4 Å². The van der Waals surface area contributed by atoms with Crippen LogP contribution in [-0.4, -0.2) is 14.5 Å². The van der Waals surface area contributed by atoms with Crippen molar-refractivity contribution in [2.24, 2.45) is 0 Å². The molecule has 5 nitrogen and oxygen atoms in total. The van der Waals surface area contributed by atoms with Crippen LogP contribution in [-0.2, 0) is 6.42 Å². The van der Waals surface area contributed by atoms with Gasteiger partial charge in [-0.25, -0.2) is 4.98 Å². The molecule has 0 aliphatic heterocycles. The lowest BCUT2D eigenvalue weighted by atomic mass is 10.1. The first-order valence-corrected chi connectivity index (χ1v) is 5.84. The summed E-state index contributed by atoms with van der Waals surface area (Å²) >= 11 is 0. The molecule has 0 saturated heterocycles. The second-order valence-corrected chi connectivity index (χ2v) is 4.17. The summed E-state index contributed by atoms with van der Waals surface area (Å²) in [7, 11) is 0. The minimum Gasteiger partial charge on any atom is -0.369 e. The van der Waals surface area contributed by atoms with E-state index in [9.17, 15) is 0 Å². The summed E-state index contributed by atoms with van der Waals surface area (Å²) in [6.45, 7) is 0. The molecule has 5 heteroatoms. The van der Waals surface area contributed by atoms with Crippen LogP contribution in [0.5, 0.6) is 0 Å². The van der Waals surface area contributed by atoms with Crippen LogP contribution in [0.1, 0.15) is 5.56 Å². The van der Waals surface area contributed by atoms with Crippen molar-refractivity contribution < 1.29 is 0 Å². The molecule has 0 spiro atoms. The van der Waals surface area contributed by atoms with Gasteiger partial charge in [0.2, 0.25) is 5.95 Å². The lowest BCUT2D eigenvalue weighted by Crippen LogP contribution is -2.00. The predicted molar refractivity (Wildman–Crippen MR) is 72.6 cm³/mol. The molecule has 2 aromatic heterocycles. The Labute approximate surface area is 109 Å². The smallest absolute Gasteiger partial charge is 0.205 e. The monoisotopic (exact) mass is 249 g/mol. The molecule has 0 aliphatic rings. The molecule has 2 heterocycles. The maximum absolute atomic E-state index is 8.67. The Hall–Kier alpha value is -2.87. The predicted octanol–water partition coefficient (Wildman–Crippen LogP) is 2.07. The van der Waals surface area contributed by atoms with E-state index in [1.807, 2.05) is 34.9 Å². The Morgan fingerprint density at radius 3 is 2.74 bits per heavy atom. The van der Waals surface area contributed by atoms with E-state index in [1.165, 1.54) is 0 Å². The van der Waals surface area contributed by atoms with E-state index in [4.69, 9.17) is 11.0 Å². The highest BCUT2D eigenvalue weighted by Crippen LogP contribution is 2.22. The van der Waals surface area contributed by atoms with E-state index in [0.717, 1.165) is 22.3 Å². The van der Waals surface area contributed by atoms with E-state index in [1.54, 1.807) is 12.4 Å². The number of hydrogen-bond donors (Lipinski definition) is 1. The third kappa shape index (κ3) is 1.89. The first-order chi connectivity index (χ1) is 9.29. The van der Waals surface area contributed by atoms with Gasteiger partial charge in [-0.2, -0.15) is 5.26 Å². The molecule has 0 saturated carbocycles. The number of nitriles is 1. The van der Waals surface area contributed by atoms with Crippen molar-refractivity contribution >= 4 is 17.0 Å². The Bertz CT molecular complexity index is 765. The number of fused-ring (bicyclic) bond motifs is 1. The van der Waals surface area contributed by atoms with E-state index >= 15 is 0 Å². The van der Waals surface area contributed by atoms with Crippen LogP contribution in [0, 0.1) is 11.3 Å². The molecule has 0 aliphatic carbocycles. The van der Waals surface area contributed by atoms with E-state index in [-0.39, 0.29) is 0 Å². The fourth-order valence-electron chi connectivity index (χ4n) is 2.08. The van der Waals surface area contributed by atoms with Crippen molar-refractivity contribution in [1.29, 1.82) is 5.26 Å². The second kappa shape index (κ2) is 4.42. The van der Waals surface area contributed by atoms with Gasteiger partial charge in [-0.15, -0.1) is 0 Å². The van der Waals surface area contributed by atoms with Crippen molar-refractivity contribution in [3.63, 3.8) is 0 Å². The average molecular weight is 249 g/mol. The zero-order valence-electron chi connectivity index (χ0n) is 10.1. The quantitative estimate of drug-likeness (QED) is 0.753. The standard InChI is InChI=1S/C14H11N5/c15-7-5-10-1-3-11(4-2-10)19-13-6-8-17-9-12(13)18-14(19)16/h1-4,6,8-9H,5H2,(H2,16,18). The lowest BCUT2D eigenvalue weighted by Gasteiger charge is -2.06. The Morgan fingerprint density at radius 2 is 2.00 bits per heavy atom. The minimum atomic E-state index is 0.407. The van der Waals surface area contributed by atoms with Crippen molar-refractivity contribution in [1.82, 2.24) is 14.5 Å². The molecule has 3 rings (SSSR count). The average Bonchev–Trinajstić information content (AvgIpc) is 2.76. The normalized spacial score (nSPS) is 10.5. The zero-order valence-corrected chi connectivity index (χ0v) is 10.1. The number of nitrogen functional groups attached to an aromatic ring is 1. The topological polar surface area (TPSA) is 80.5 Å². The van der Waals surface area contributed by atoms with Crippen LogP contribution in [0.3, 0.4) is 0 Å². The SMILES string of the molecule is N#CCc1ccc(-n2c(N)nc3cnccc32)cc1. The fraction of sp³-hybridized carbons (Fsp3) is 0.0714. The van der Waals surface area contributed by atoms with Crippen LogP contribution in [0.25, 0.3) is 16.7 Å². The van der Waals surface area contributed by atoms with E-state index < -0.39 is 0 Å². The molecule has 0 radical (unpaired) electrons. The van der Waals surface area contributed by atoms with Crippen LogP contribution in [0.4, 0.5) is 5.95 Å². The van der Waals surface area contributed by atoms with Gasteiger partial charge in [-0.3, -0.25) is 9.55 Å². The highest BCUT2D eigenvalue weighted by Gasteiger charge is 2.09. The molecule has 2 N–H and O–H groups in total. The highest BCUT2D eigenvalue weighted by atomic mass is 15.2. The fourth-order valence-corrected chi connectivity index (χ4v) is 2.08. The number of pyridine rings is 1. The molecule has 0 fully saturated rings. The maximum atomic E-state index is 8.67. The lowest BCUT2D eigenvalue weighted by molar-refractivity contribution is 1.10. The van der Waals surface area contributed by atoms with Crippen molar-refractivity contribution in [2.45, 2.75) is 6.42 Å². The van der Waals surface area contributed by atoms with Crippen molar-refractivity contribution in [3.05, 3.63) is 48.3 Å². The largest absolute Gasteiger partial charge is 0.369 e. The molecule has 92 valence electrons. The summed E-state index contributed by atoms with van der Waals surface area (Å²) in [4.78, 5) is 8.31. The van der Waals surface area contributed by atoms with Crippen LogP contribution >= 0.6 is 0 Å². The summed E-state index contributed by atoms with van der Waals surface area (Å²) in [6.07, 6.45) is 3.81. The molecule has 0 unspecified atom stereocenters. The molecule has 0 atom stereocenters. The number of anilines is 1. The van der Waals surface area contributed by atoms with Crippen molar-refractivity contribution in [2.75, 3.05) is 5.73 Å². The first-order valence-electron chi connectivity index (χ1n) is 5.84. The number of nitrogens with zero attached hydrogens (tertiary/aromatic N) is 4. The molecule has 1 aromatic carbocycles. The number of aromatic nitrogens is 3. The maximum Gasteiger partial charge on any atom is 0.205 e. The van der Waals surface area contributed by atoms with Crippen LogP contribution < -0.4 is 5.73 Å². The highest BCUT2D eigenvalue weighted by molar-refractivity contribution is 5.79. The number of rotatable bonds is 2. The van der Waals surface area contributed by atoms with Gasteiger partial charge in [-0.1, -0.05) is 12.1 Å². The number of benzene rings is 1. The summed E-state index contributed by atoms with van der Waals surface area (Å²) in [5.41, 5.74) is 9.54. The Kier molecular flexibility index (Phi) is 2.62. The minimum absolute atomic E-state index is 0.407. The second-order valence-electron chi connectivity index (χ2n) is 4.17. The molecule has 3 aromatic rings. The van der Waals surface area contributed by atoms with Gasteiger partial charge in [0.05, 0.1) is 24.2 Å². The molecule has 0 bridgehead atoms. The van der Waals surface area contributed by atoms with E-state index in [2.05, 4.69) is 16.0 Å². The molecule has 19 heavy (non-hydrogen) atoms. The molecular weight excluding hydrogens is 238 g/mol. The summed E-state index contributed by atoms with van der Waals surface area (Å²) < 4.78 is 1.87. The van der Waals surface area contributed by atoms with Gasteiger partial charge in [0.15, 0.2) is 0 Å². The van der Waals surface area contributed by atoms with Gasteiger partial charge in [0.1, 0.15) is 5.52 Å². The molecular formula is C14H11N5. The Morgan fingerprint density at radius 1 is 1.21 bits per heavy atom. The summed E-state index contributed by atoms with van der Waals surface area (Å²) in [5, 5.41) is 8.67. The van der Waals surface area contributed by atoms with Crippen LogP contribution in [0.15, 0.2) is 42.7 Å². The zero-order chi connectivity index (χ0) is 13.2. The third-order valence-electron chi connectivity index (χ3n) is 2.96. The first kappa shape index (κ1) is 11.2.